The molecule has 2 N–H and O–H groups in total. The Hall–Kier alpha value is -4.09. The minimum atomic E-state index is -4.06. The van der Waals surface area contributed by atoms with E-state index in [1.807, 2.05) is 13.0 Å². The predicted octanol–water partition coefficient (Wildman–Crippen LogP) is 2.73. The van der Waals surface area contributed by atoms with E-state index in [-0.39, 0.29) is 24.4 Å². The predicted molar refractivity (Wildman–Crippen MR) is 144 cm³/mol. The van der Waals surface area contributed by atoms with Crippen LogP contribution >= 0.6 is 0 Å². The Morgan fingerprint density at radius 3 is 2.49 bits per heavy atom. The second-order valence-corrected chi connectivity index (χ2v) is 11.3. The molecule has 11 heteroatoms. The first-order chi connectivity index (χ1) is 18.7. The summed E-state index contributed by atoms with van der Waals surface area (Å²) >= 11 is 0. The molecule has 204 valence electrons. The summed E-state index contributed by atoms with van der Waals surface area (Å²) in [4.78, 5) is 44.3. The van der Waals surface area contributed by atoms with Crippen molar-refractivity contribution < 1.29 is 27.9 Å². The maximum absolute atomic E-state index is 13.9. The number of amides is 2. The molecule has 2 heterocycles. The summed E-state index contributed by atoms with van der Waals surface area (Å²) < 4.78 is 28.4. The number of carboxylic acids is 1. The van der Waals surface area contributed by atoms with Crippen LogP contribution in [0.2, 0.25) is 0 Å². The molecule has 4 rings (SSSR count). The molecule has 2 aromatic carbocycles. The first kappa shape index (κ1) is 27.9. The number of hydrogen-bond acceptors (Lipinski definition) is 6. The first-order valence-corrected chi connectivity index (χ1v) is 14.1. The molecule has 2 amide bonds. The fourth-order valence-corrected chi connectivity index (χ4v) is 6.36. The number of benzene rings is 2. The fourth-order valence-electron chi connectivity index (χ4n) is 4.66. The van der Waals surface area contributed by atoms with Crippen LogP contribution in [0.15, 0.2) is 79.1 Å². The Labute approximate surface area is 227 Å². The van der Waals surface area contributed by atoms with Crippen LogP contribution < -0.4 is 5.32 Å². The Balaban J connectivity index is 1.72. The second kappa shape index (κ2) is 12.2. The number of pyridine rings is 1. The van der Waals surface area contributed by atoms with E-state index in [1.54, 1.807) is 60.7 Å². The van der Waals surface area contributed by atoms with Crippen molar-refractivity contribution in [3.63, 3.8) is 0 Å². The van der Waals surface area contributed by atoms with Gasteiger partial charge in [0.05, 0.1) is 23.8 Å². The highest BCUT2D eigenvalue weighted by molar-refractivity contribution is 7.88. The van der Waals surface area contributed by atoms with Gasteiger partial charge in [0.1, 0.15) is 0 Å². The minimum Gasteiger partial charge on any atom is -0.481 e. The van der Waals surface area contributed by atoms with Crippen LogP contribution in [-0.2, 0) is 25.4 Å². The van der Waals surface area contributed by atoms with Gasteiger partial charge in [-0.15, -0.1) is 0 Å². The molecule has 1 aromatic heterocycles. The van der Waals surface area contributed by atoms with Crippen LogP contribution in [0.3, 0.4) is 0 Å². The molecule has 0 spiro atoms. The van der Waals surface area contributed by atoms with Gasteiger partial charge in [-0.05, 0) is 36.6 Å². The number of hydrogen-bond donors (Lipinski definition) is 2. The van der Waals surface area contributed by atoms with E-state index in [0.29, 0.717) is 17.5 Å². The molecule has 1 aliphatic rings. The van der Waals surface area contributed by atoms with Crippen LogP contribution in [-0.4, -0.2) is 64.8 Å². The quantitative estimate of drug-likeness (QED) is 0.418. The van der Waals surface area contributed by atoms with Gasteiger partial charge in [-0.2, -0.15) is 4.31 Å². The summed E-state index contributed by atoms with van der Waals surface area (Å²) in [6.45, 7) is 2.01. The summed E-state index contributed by atoms with van der Waals surface area (Å²) in [5.74, 6) is -2.82. The van der Waals surface area contributed by atoms with Crippen LogP contribution in [0.4, 0.5) is 0 Å². The summed E-state index contributed by atoms with van der Waals surface area (Å²) in [6.07, 6.45) is 1.25. The first-order valence-electron chi connectivity index (χ1n) is 12.5. The minimum absolute atomic E-state index is 0.0259. The molecule has 1 aliphatic heterocycles. The number of aryl methyl sites for hydroxylation is 1. The third kappa shape index (κ3) is 6.87. The van der Waals surface area contributed by atoms with Crippen LogP contribution in [0.25, 0.3) is 0 Å². The molecular formula is C28H30N4O6S. The molecule has 2 atom stereocenters. The topological polar surface area (TPSA) is 137 Å². The zero-order valence-electron chi connectivity index (χ0n) is 21.4. The molecule has 10 nitrogen and oxygen atoms in total. The zero-order chi connectivity index (χ0) is 28.0. The van der Waals surface area contributed by atoms with Gasteiger partial charge in [0.15, 0.2) is 6.17 Å². The van der Waals surface area contributed by atoms with Gasteiger partial charge < -0.3 is 15.3 Å². The third-order valence-corrected chi connectivity index (χ3v) is 8.23. The number of carboxylic acid groups (broad SMARTS) is 1. The number of aromatic nitrogens is 1. The van der Waals surface area contributed by atoms with E-state index in [2.05, 4.69) is 10.3 Å². The molecule has 0 radical (unpaired) electrons. The number of aliphatic carboxylic acids is 1. The fraction of sp³-hybridized carbons (Fsp3) is 0.286. The lowest BCUT2D eigenvalue weighted by Gasteiger charge is -2.42. The molecule has 1 fully saturated rings. The second-order valence-electron chi connectivity index (χ2n) is 9.39. The Kier molecular flexibility index (Phi) is 8.72. The SMILES string of the molecule is Cc1cccc(C(CC(=O)O)NC(=O)C2N(C(=O)c3cccnc3)CCCN2S(=O)(=O)Cc2ccccc2)c1. The van der Waals surface area contributed by atoms with Gasteiger partial charge in [-0.1, -0.05) is 60.2 Å². The van der Waals surface area contributed by atoms with Gasteiger partial charge in [-0.3, -0.25) is 19.4 Å². The lowest BCUT2D eigenvalue weighted by atomic mass is 10.0. The molecule has 3 aromatic rings. The van der Waals surface area contributed by atoms with Gasteiger partial charge >= 0.3 is 5.97 Å². The number of carbonyl (C=O) groups is 3. The average molecular weight is 551 g/mol. The normalized spacial score (nSPS) is 16.8. The molecule has 39 heavy (non-hydrogen) atoms. The van der Waals surface area contributed by atoms with Crippen LogP contribution in [0, 0.1) is 6.92 Å². The lowest BCUT2D eigenvalue weighted by Crippen LogP contribution is -2.63. The number of nitrogens with zero attached hydrogens (tertiary/aromatic N) is 3. The summed E-state index contributed by atoms with van der Waals surface area (Å²) in [5, 5.41) is 12.3. The van der Waals surface area contributed by atoms with Gasteiger partial charge in [0.25, 0.3) is 11.8 Å². The number of nitrogens with one attached hydrogen (secondary N) is 1. The van der Waals surface area contributed by atoms with Crippen molar-refractivity contribution >= 4 is 27.8 Å². The monoisotopic (exact) mass is 550 g/mol. The van der Waals surface area contributed by atoms with Gasteiger partial charge in [0, 0.05) is 25.5 Å². The third-order valence-electron chi connectivity index (χ3n) is 6.44. The van der Waals surface area contributed by atoms with Crippen molar-refractivity contribution in [2.45, 2.75) is 37.7 Å². The van der Waals surface area contributed by atoms with E-state index in [1.165, 1.54) is 17.3 Å². The highest BCUT2D eigenvalue weighted by Crippen LogP contribution is 2.25. The van der Waals surface area contributed by atoms with Crippen molar-refractivity contribution in [2.24, 2.45) is 0 Å². The number of rotatable bonds is 9. The largest absolute Gasteiger partial charge is 0.481 e. The average Bonchev–Trinajstić information content (AvgIpc) is 2.92. The maximum atomic E-state index is 13.9. The molecule has 0 bridgehead atoms. The Morgan fingerprint density at radius 2 is 1.82 bits per heavy atom. The molecule has 0 saturated carbocycles. The zero-order valence-corrected chi connectivity index (χ0v) is 22.3. The molecule has 2 unspecified atom stereocenters. The van der Waals surface area contributed by atoms with Crippen molar-refractivity contribution in [1.82, 2.24) is 19.5 Å². The lowest BCUT2D eigenvalue weighted by molar-refractivity contribution is -0.138. The van der Waals surface area contributed by atoms with E-state index in [0.717, 1.165) is 9.87 Å². The van der Waals surface area contributed by atoms with Gasteiger partial charge in [0.2, 0.25) is 10.0 Å². The smallest absolute Gasteiger partial charge is 0.305 e. The van der Waals surface area contributed by atoms with E-state index >= 15 is 0 Å². The highest BCUT2D eigenvalue weighted by Gasteiger charge is 2.44. The summed E-state index contributed by atoms with van der Waals surface area (Å²) in [5.41, 5.74) is 2.18. The highest BCUT2D eigenvalue weighted by atomic mass is 32.2. The Morgan fingerprint density at radius 1 is 1.05 bits per heavy atom. The van der Waals surface area contributed by atoms with Crippen LogP contribution in [0.1, 0.15) is 45.9 Å². The number of sulfonamides is 1. The van der Waals surface area contributed by atoms with Crippen molar-refractivity contribution in [2.75, 3.05) is 13.1 Å². The molecule has 1 saturated heterocycles. The van der Waals surface area contributed by atoms with E-state index in [9.17, 15) is 27.9 Å². The van der Waals surface area contributed by atoms with Crippen molar-refractivity contribution in [3.8, 4) is 0 Å². The Bertz CT molecular complexity index is 1430. The summed E-state index contributed by atoms with van der Waals surface area (Å²) in [6, 6.07) is 17.8. The summed E-state index contributed by atoms with van der Waals surface area (Å²) in [7, 11) is -4.06. The number of carbonyl (C=O) groups excluding carboxylic acids is 2. The molecule has 0 aliphatic carbocycles. The van der Waals surface area contributed by atoms with Crippen molar-refractivity contribution in [1.29, 1.82) is 0 Å². The van der Waals surface area contributed by atoms with Crippen molar-refractivity contribution in [3.05, 3.63) is 101 Å². The molecular weight excluding hydrogens is 520 g/mol. The van der Waals surface area contributed by atoms with E-state index < -0.39 is 46.4 Å². The maximum Gasteiger partial charge on any atom is 0.305 e. The van der Waals surface area contributed by atoms with Crippen LogP contribution in [0.5, 0.6) is 0 Å². The standard InChI is InChI=1S/C28H30N4O6S/c1-20-8-5-11-22(16-20)24(17-25(33)34)30-26(35)27-31(28(36)23-12-6-13-29-18-23)14-7-15-32(27)39(37,38)19-21-9-3-2-4-10-21/h2-6,8-13,16,18,24,27H,7,14-15,17,19H2,1H3,(H,30,35)(H,33,34). The van der Waals surface area contributed by atoms with Gasteiger partial charge in [-0.25, -0.2) is 8.42 Å². The van der Waals surface area contributed by atoms with E-state index in [4.69, 9.17) is 0 Å².